The van der Waals surface area contributed by atoms with E-state index in [1.807, 2.05) is 54.6 Å². The number of H-pyrrole nitrogens is 1. The van der Waals surface area contributed by atoms with Crippen LogP contribution < -0.4 is 10.1 Å². The lowest BCUT2D eigenvalue weighted by Crippen LogP contribution is -2.52. The summed E-state index contributed by atoms with van der Waals surface area (Å²) in [5, 5.41) is 12.3. The highest BCUT2D eigenvalue weighted by Gasteiger charge is 2.30. The second kappa shape index (κ2) is 11.6. The molecule has 2 aromatic carbocycles. The second-order valence-corrected chi connectivity index (χ2v) is 11.4. The molecule has 2 saturated heterocycles. The Bertz CT molecular complexity index is 1480. The zero-order chi connectivity index (χ0) is 27.6. The van der Waals surface area contributed by atoms with Crippen LogP contribution in [-0.2, 0) is 4.74 Å². The van der Waals surface area contributed by atoms with Crippen molar-refractivity contribution in [3.63, 3.8) is 0 Å². The van der Waals surface area contributed by atoms with Gasteiger partial charge >= 0.3 is 0 Å². The minimum atomic E-state index is -0.211. The van der Waals surface area contributed by atoms with Crippen molar-refractivity contribution in [2.24, 2.45) is 5.92 Å². The molecule has 4 aromatic rings. The smallest absolute Gasteiger partial charge is 0.251 e. The third-order valence-corrected chi connectivity index (χ3v) is 8.27. The number of carbonyl (C=O) groups excluding carboxylic acids is 1. The van der Waals surface area contributed by atoms with Gasteiger partial charge in [0.05, 0.1) is 30.8 Å². The SMILES string of the molecule is CC(C)[C@H](NC(=O)c1ccc2[nH]nc(-c3ccc(OC4CCN(C5COC5)CC4)nc3)c2c1)c1ccccc1Cl. The Morgan fingerprint density at radius 2 is 1.93 bits per heavy atom. The number of nitrogens with one attached hydrogen (secondary N) is 2. The van der Waals surface area contributed by atoms with Gasteiger partial charge in [-0.3, -0.25) is 14.8 Å². The Morgan fingerprint density at radius 1 is 1.12 bits per heavy atom. The molecule has 2 aliphatic heterocycles. The number of halogens is 1. The number of hydrogen-bond acceptors (Lipinski definition) is 6. The molecule has 2 aromatic heterocycles. The maximum atomic E-state index is 13.3. The first-order valence-corrected chi connectivity index (χ1v) is 14.3. The Balaban J connectivity index is 1.15. The Labute approximate surface area is 239 Å². The summed E-state index contributed by atoms with van der Waals surface area (Å²) in [7, 11) is 0. The van der Waals surface area contributed by atoms with Gasteiger partial charge in [-0.05, 0) is 54.7 Å². The third-order valence-electron chi connectivity index (χ3n) is 7.93. The highest BCUT2D eigenvalue weighted by Crippen LogP contribution is 2.31. The van der Waals surface area contributed by atoms with E-state index in [1.54, 1.807) is 6.20 Å². The first kappa shape index (κ1) is 26.7. The summed E-state index contributed by atoms with van der Waals surface area (Å²) in [4.78, 5) is 20.4. The number of ether oxygens (including phenoxy) is 2. The van der Waals surface area contributed by atoms with Crippen molar-refractivity contribution in [3.05, 3.63) is 76.9 Å². The molecule has 0 saturated carbocycles. The van der Waals surface area contributed by atoms with Crippen LogP contribution in [-0.4, -0.2) is 64.4 Å². The van der Waals surface area contributed by atoms with Gasteiger partial charge in [-0.15, -0.1) is 0 Å². The maximum Gasteiger partial charge on any atom is 0.251 e. The Hall–Kier alpha value is -3.46. The molecule has 0 aliphatic carbocycles. The van der Waals surface area contributed by atoms with E-state index in [4.69, 9.17) is 21.1 Å². The predicted molar refractivity (Wildman–Crippen MR) is 156 cm³/mol. The molecule has 8 nitrogen and oxygen atoms in total. The molecule has 4 heterocycles. The molecular formula is C31H34ClN5O3. The van der Waals surface area contributed by atoms with Crippen molar-refractivity contribution in [1.82, 2.24) is 25.4 Å². The first-order chi connectivity index (χ1) is 19.5. The van der Waals surface area contributed by atoms with Crippen LogP contribution in [0.4, 0.5) is 0 Å². The van der Waals surface area contributed by atoms with Gasteiger partial charge in [0.15, 0.2) is 0 Å². The maximum absolute atomic E-state index is 13.3. The standard InChI is InChI=1S/C31H34ClN5O3/c1-19(2)29(24-5-3-4-6-26(24)32)34-31(38)20-7-9-27-25(15-20)30(36-35-27)21-8-10-28(33-16-21)40-23-11-13-37(14-12-23)22-17-39-18-22/h3-10,15-16,19,22-23,29H,11-14,17-18H2,1-2H3,(H,34,38)(H,35,36)/t29-/m0/s1. The van der Waals surface area contributed by atoms with E-state index in [0.717, 1.165) is 66.9 Å². The quantitative estimate of drug-likeness (QED) is 0.290. The normalized spacial score (nSPS) is 17.6. The van der Waals surface area contributed by atoms with Gasteiger partial charge in [-0.25, -0.2) is 4.98 Å². The van der Waals surface area contributed by atoms with E-state index < -0.39 is 0 Å². The number of fused-ring (bicyclic) bond motifs is 1. The number of likely N-dealkylation sites (tertiary alicyclic amines) is 1. The summed E-state index contributed by atoms with van der Waals surface area (Å²) in [6, 6.07) is 17.4. The molecule has 6 rings (SSSR count). The number of rotatable bonds is 8. The van der Waals surface area contributed by atoms with Gasteiger partial charge in [0.1, 0.15) is 11.8 Å². The van der Waals surface area contributed by atoms with E-state index in [0.29, 0.717) is 22.5 Å². The van der Waals surface area contributed by atoms with Gasteiger partial charge in [0.25, 0.3) is 5.91 Å². The molecule has 0 unspecified atom stereocenters. The zero-order valence-corrected chi connectivity index (χ0v) is 23.5. The number of hydrogen-bond donors (Lipinski definition) is 2. The Kier molecular flexibility index (Phi) is 7.74. The molecule has 1 atom stereocenters. The molecular weight excluding hydrogens is 526 g/mol. The van der Waals surface area contributed by atoms with Crippen molar-refractivity contribution in [2.45, 2.75) is 44.9 Å². The van der Waals surface area contributed by atoms with Crippen molar-refractivity contribution < 1.29 is 14.3 Å². The molecule has 208 valence electrons. The van der Waals surface area contributed by atoms with E-state index in [-0.39, 0.29) is 24.0 Å². The van der Waals surface area contributed by atoms with Crippen LogP contribution in [0.2, 0.25) is 5.02 Å². The van der Waals surface area contributed by atoms with Gasteiger partial charge < -0.3 is 14.8 Å². The minimum Gasteiger partial charge on any atom is -0.474 e. The summed E-state index contributed by atoms with van der Waals surface area (Å²) in [6.45, 7) is 7.90. The molecule has 2 fully saturated rings. The first-order valence-electron chi connectivity index (χ1n) is 13.9. The van der Waals surface area contributed by atoms with Crippen LogP contribution in [0.1, 0.15) is 48.7 Å². The van der Waals surface area contributed by atoms with E-state index >= 15 is 0 Å². The summed E-state index contributed by atoms with van der Waals surface area (Å²) >= 11 is 6.45. The monoisotopic (exact) mass is 559 g/mol. The van der Waals surface area contributed by atoms with Crippen LogP contribution >= 0.6 is 11.6 Å². The van der Waals surface area contributed by atoms with E-state index in [9.17, 15) is 4.79 Å². The van der Waals surface area contributed by atoms with Crippen molar-refractivity contribution in [1.29, 1.82) is 0 Å². The number of nitrogens with zero attached hydrogens (tertiary/aromatic N) is 3. The topological polar surface area (TPSA) is 92.4 Å². The number of benzene rings is 2. The van der Waals surface area contributed by atoms with Crippen LogP contribution in [0.5, 0.6) is 5.88 Å². The molecule has 2 N–H and O–H groups in total. The lowest BCUT2D eigenvalue weighted by Gasteiger charge is -2.41. The molecule has 0 radical (unpaired) electrons. The summed E-state index contributed by atoms with van der Waals surface area (Å²) in [6.07, 6.45) is 3.93. The molecule has 0 spiro atoms. The molecule has 9 heteroatoms. The summed E-state index contributed by atoms with van der Waals surface area (Å²) in [5.41, 5.74) is 3.91. The number of aromatic nitrogens is 3. The second-order valence-electron chi connectivity index (χ2n) is 11.0. The molecule has 2 aliphatic rings. The summed E-state index contributed by atoms with van der Waals surface area (Å²) in [5.74, 6) is 0.618. The van der Waals surface area contributed by atoms with Crippen LogP contribution in [0.25, 0.3) is 22.2 Å². The minimum absolute atomic E-state index is 0.161. The largest absolute Gasteiger partial charge is 0.474 e. The fraction of sp³-hybridized carbons (Fsp3) is 0.387. The van der Waals surface area contributed by atoms with Crippen molar-refractivity contribution in [3.8, 4) is 17.1 Å². The average molecular weight is 560 g/mol. The van der Waals surface area contributed by atoms with Crippen molar-refractivity contribution >= 4 is 28.4 Å². The summed E-state index contributed by atoms with van der Waals surface area (Å²) < 4.78 is 11.5. The van der Waals surface area contributed by atoms with Gasteiger partial charge in [-0.2, -0.15) is 5.10 Å². The number of carbonyl (C=O) groups is 1. The molecule has 40 heavy (non-hydrogen) atoms. The highest BCUT2D eigenvalue weighted by molar-refractivity contribution is 6.31. The number of amides is 1. The molecule has 0 bridgehead atoms. The lowest BCUT2D eigenvalue weighted by atomic mass is 9.95. The van der Waals surface area contributed by atoms with Gasteiger partial charge in [-0.1, -0.05) is 43.6 Å². The van der Waals surface area contributed by atoms with E-state index in [1.165, 1.54) is 0 Å². The van der Waals surface area contributed by atoms with Gasteiger partial charge in [0, 0.05) is 46.9 Å². The van der Waals surface area contributed by atoms with Crippen LogP contribution in [0.3, 0.4) is 0 Å². The number of piperidine rings is 1. The number of aromatic amines is 1. The average Bonchev–Trinajstić information content (AvgIpc) is 3.36. The predicted octanol–water partition coefficient (Wildman–Crippen LogP) is 5.65. The third kappa shape index (κ3) is 5.57. The highest BCUT2D eigenvalue weighted by atomic mass is 35.5. The van der Waals surface area contributed by atoms with Crippen molar-refractivity contribution in [2.75, 3.05) is 26.3 Å². The van der Waals surface area contributed by atoms with Crippen LogP contribution in [0.15, 0.2) is 60.8 Å². The zero-order valence-electron chi connectivity index (χ0n) is 22.8. The fourth-order valence-electron chi connectivity index (χ4n) is 5.48. The lowest BCUT2D eigenvalue weighted by molar-refractivity contribution is -0.0779. The van der Waals surface area contributed by atoms with E-state index in [2.05, 4.69) is 39.2 Å². The van der Waals surface area contributed by atoms with Crippen LogP contribution in [0, 0.1) is 5.92 Å². The van der Waals surface area contributed by atoms with Gasteiger partial charge in [0.2, 0.25) is 5.88 Å². The molecule has 1 amide bonds. The Morgan fingerprint density at radius 3 is 2.60 bits per heavy atom. The fourth-order valence-corrected chi connectivity index (χ4v) is 5.74. The number of pyridine rings is 1.